The molecular weight excluding hydrogens is 204 g/mol. The first-order valence-electron chi connectivity index (χ1n) is 5.37. The van der Waals surface area contributed by atoms with Crippen LogP contribution in [0.1, 0.15) is 31.1 Å². The van der Waals surface area contributed by atoms with E-state index in [0.717, 1.165) is 0 Å². The number of rotatable bonds is 5. The van der Waals surface area contributed by atoms with E-state index in [1.165, 1.54) is 6.92 Å². The van der Waals surface area contributed by atoms with Gasteiger partial charge >= 0.3 is 0 Å². The van der Waals surface area contributed by atoms with E-state index in [1.54, 1.807) is 19.2 Å². The second kappa shape index (κ2) is 5.54. The van der Waals surface area contributed by atoms with E-state index in [2.05, 4.69) is 13.8 Å². The number of hydrogen-bond acceptors (Lipinski definition) is 3. The summed E-state index contributed by atoms with van der Waals surface area (Å²) in [5, 5.41) is 0. The molecule has 0 atom stereocenters. The molecule has 3 nitrogen and oxygen atoms in total. The maximum absolute atomic E-state index is 11.5. The molecule has 0 spiro atoms. The van der Waals surface area contributed by atoms with E-state index in [9.17, 15) is 4.79 Å². The summed E-state index contributed by atoms with van der Waals surface area (Å²) in [6, 6.07) is 5.38. The Hall–Kier alpha value is -1.51. The Kier molecular flexibility index (Phi) is 4.35. The average Bonchev–Trinajstić information content (AvgIpc) is 2.25. The summed E-state index contributed by atoms with van der Waals surface area (Å²) in [6.45, 7) is 6.23. The molecule has 0 radical (unpaired) electrons. The van der Waals surface area contributed by atoms with Crippen molar-refractivity contribution in [1.29, 1.82) is 0 Å². The van der Waals surface area contributed by atoms with Crippen molar-refractivity contribution in [2.75, 3.05) is 13.7 Å². The van der Waals surface area contributed by atoms with Gasteiger partial charge in [-0.3, -0.25) is 4.79 Å². The Balaban J connectivity index is 3.02. The highest BCUT2D eigenvalue weighted by atomic mass is 16.5. The number of carbonyl (C=O) groups is 1. The molecule has 0 aliphatic carbocycles. The van der Waals surface area contributed by atoms with Gasteiger partial charge in [-0.05, 0) is 25.0 Å². The van der Waals surface area contributed by atoms with Crippen LogP contribution in [0.15, 0.2) is 18.2 Å². The quantitative estimate of drug-likeness (QED) is 0.718. The van der Waals surface area contributed by atoms with Crippen molar-refractivity contribution in [1.82, 2.24) is 0 Å². The fourth-order valence-electron chi connectivity index (χ4n) is 1.40. The van der Waals surface area contributed by atoms with Gasteiger partial charge in [-0.2, -0.15) is 0 Å². The SMILES string of the molecule is COc1cccc(OCC(C)C)c1C(C)=O. The Labute approximate surface area is 96.4 Å². The lowest BCUT2D eigenvalue weighted by Crippen LogP contribution is -2.08. The second-order valence-electron chi connectivity index (χ2n) is 4.09. The van der Waals surface area contributed by atoms with Crippen LogP contribution in [-0.4, -0.2) is 19.5 Å². The van der Waals surface area contributed by atoms with E-state index >= 15 is 0 Å². The lowest BCUT2D eigenvalue weighted by atomic mass is 10.1. The topological polar surface area (TPSA) is 35.5 Å². The largest absolute Gasteiger partial charge is 0.496 e. The molecule has 1 rings (SSSR count). The van der Waals surface area contributed by atoms with Crippen molar-refractivity contribution in [3.05, 3.63) is 23.8 Å². The molecule has 0 bridgehead atoms. The highest BCUT2D eigenvalue weighted by molar-refractivity contribution is 5.99. The zero-order valence-corrected chi connectivity index (χ0v) is 10.2. The first kappa shape index (κ1) is 12.6. The van der Waals surface area contributed by atoms with E-state index in [-0.39, 0.29) is 5.78 Å². The number of Topliss-reactive ketones (excluding diaryl/α,β-unsaturated/α-hetero) is 1. The molecule has 0 saturated heterocycles. The summed E-state index contributed by atoms with van der Waals surface area (Å²) in [5.41, 5.74) is 0.519. The zero-order valence-electron chi connectivity index (χ0n) is 10.2. The predicted octanol–water partition coefficient (Wildman–Crippen LogP) is 2.93. The van der Waals surface area contributed by atoms with Gasteiger partial charge in [-0.1, -0.05) is 19.9 Å². The lowest BCUT2D eigenvalue weighted by Gasteiger charge is -2.14. The van der Waals surface area contributed by atoms with E-state index in [0.29, 0.717) is 29.6 Å². The van der Waals surface area contributed by atoms with Gasteiger partial charge in [0.1, 0.15) is 17.1 Å². The minimum Gasteiger partial charge on any atom is -0.496 e. The lowest BCUT2D eigenvalue weighted by molar-refractivity contribution is 0.101. The summed E-state index contributed by atoms with van der Waals surface area (Å²) in [6.07, 6.45) is 0. The fraction of sp³-hybridized carbons (Fsp3) is 0.462. The van der Waals surface area contributed by atoms with Crippen LogP contribution >= 0.6 is 0 Å². The molecule has 88 valence electrons. The highest BCUT2D eigenvalue weighted by Gasteiger charge is 2.14. The van der Waals surface area contributed by atoms with Crippen molar-refractivity contribution < 1.29 is 14.3 Å². The normalized spacial score (nSPS) is 10.3. The summed E-state index contributed by atoms with van der Waals surface area (Å²) in [7, 11) is 1.55. The van der Waals surface area contributed by atoms with Crippen LogP contribution in [-0.2, 0) is 0 Å². The van der Waals surface area contributed by atoms with Crippen LogP contribution < -0.4 is 9.47 Å². The van der Waals surface area contributed by atoms with E-state index in [4.69, 9.17) is 9.47 Å². The highest BCUT2D eigenvalue weighted by Crippen LogP contribution is 2.29. The van der Waals surface area contributed by atoms with Crippen molar-refractivity contribution in [2.45, 2.75) is 20.8 Å². The third-order valence-electron chi connectivity index (χ3n) is 2.13. The molecule has 0 saturated carbocycles. The molecule has 16 heavy (non-hydrogen) atoms. The van der Waals surface area contributed by atoms with Crippen LogP contribution in [0.5, 0.6) is 11.5 Å². The van der Waals surface area contributed by atoms with Crippen LogP contribution in [0.2, 0.25) is 0 Å². The van der Waals surface area contributed by atoms with Crippen LogP contribution in [0.3, 0.4) is 0 Å². The summed E-state index contributed by atoms with van der Waals surface area (Å²) in [5.74, 6) is 1.54. The number of methoxy groups -OCH3 is 1. The molecular formula is C13H18O3. The van der Waals surface area contributed by atoms with Gasteiger partial charge in [0.25, 0.3) is 0 Å². The van der Waals surface area contributed by atoms with Gasteiger partial charge in [0, 0.05) is 0 Å². The van der Waals surface area contributed by atoms with Crippen LogP contribution in [0.4, 0.5) is 0 Å². The molecule has 0 fully saturated rings. The summed E-state index contributed by atoms with van der Waals surface area (Å²) < 4.78 is 10.8. The Morgan fingerprint density at radius 2 is 1.94 bits per heavy atom. The molecule has 3 heteroatoms. The summed E-state index contributed by atoms with van der Waals surface area (Å²) >= 11 is 0. The molecule has 0 heterocycles. The van der Waals surface area contributed by atoms with Gasteiger partial charge in [0.2, 0.25) is 0 Å². The van der Waals surface area contributed by atoms with E-state index < -0.39 is 0 Å². The average molecular weight is 222 g/mol. The first-order chi connectivity index (χ1) is 7.56. The molecule has 1 aromatic carbocycles. The summed E-state index contributed by atoms with van der Waals surface area (Å²) in [4.78, 5) is 11.5. The van der Waals surface area contributed by atoms with Gasteiger partial charge in [-0.15, -0.1) is 0 Å². The standard InChI is InChI=1S/C13H18O3/c1-9(2)8-16-12-7-5-6-11(15-4)13(12)10(3)14/h5-7,9H,8H2,1-4H3. The first-order valence-corrected chi connectivity index (χ1v) is 5.37. The monoisotopic (exact) mass is 222 g/mol. The molecule has 0 N–H and O–H groups in total. The maximum Gasteiger partial charge on any atom is 0.167 e. The predicted molar refractivity (Wildman–Crippen MR) is 63.3 cm³/mol. The Morgan fingerprint density at radius 1 is 1.31 bits per heavy atom. The van der Waals surface area contributed by atoms with Gasteiger partial charge in [0.05, 0.1) is 13.7 Å². The van der Waals surface area contributed by atoms with Gasteiger partial charge < -0.3 is 9.47 Å². The second-order valence-corrected chi connectivity index (χ2v) is 4.09. The molecule has 0 aromatic heterocycles. The molecule has 1 aromatic rings. The van der Waals surface area contributed by atoms with Crippen molar-refractivity contribution >= 4 is 5.78 Å². The van der Waals surface area contributed by atoms with Crippen LogP contribution in [0.25, 0.3) is 0 Å². The number of carbonyl (C=O) groups excluding carboxylic acids is 1. The minimum absolute atomic E-state index is 0.0452. The molecule has 0 aliphatic rings. The van der Waals surface area contributed by atoms with Gasteiger partial charge in [-0.25, -0.2) is 0 Å². The molecule has 0 amide bonds. The zero-order chi connectivity index (χ0) is 12.1. The van der Waals surface area contributed by atoms with Gasteiger partial charge in [0.15, 0.2) is 5.78 Å². The molecule has 0 unspecified atom stereocenters. The third-order valence-corrected chi connectivity index (χ3v) is 2.13. The number of benzene rings is 1. The Morgan fingerprint density at radius 3 is 2.44 bits per heavy atom. The Bertz CT molecular complexity index is 369. The maximum atomic E-state index is 11.5. The van der Waals surface area contributed by atoms with Crippen molar-refractivity contribution in [2.24, 2.45) is 5.92 Å². The fourth-order valence-corrected chi connectivity index (χ4v) is 1.40. The number of ketones is 1. The molecule has 0 aliphatic heterocycles. The van der Waals surface area contributed by atoms with Crippen molar-refractivity contribution in [3.8, 4) is 11.5 Å². The third kappa shape index (κ3) is 2.99. The minimum atomic E-state index is -0.0452. The number of hydrogen-bond donors (Lipinski definition) is 0. The van der Waals surface area contributed by atoms with Crippen LogP contribution in [0, 0.1) is 5.92 Å². The van der Waals surface area contributed by atoms with E-state index in [1.807, 2.05) is 6.07 Å². The smallest absolute Gasteiger partial charge is 0.167 e. The number of ether oxygens (including phenoxy) is 2. The van der Waals surface area contributed by atoms with Crippen molar-refractivity contribution in [3.63, 3.8) is 0 Å².